The van der Waals surface area contributed by atoms with Gasteiger partial charge in [0.15, 0.2) is 5.82 Å². The quantitative estimate of drug-likeness (QED) is 0.743. The van der Waals surface area contributed by atoms with Crippen molar-refractivity contribution < 1.29 is 4.39 Å². The van der Waals surface area contributed by atoms with Crippen LogP contribution in [0.2, 0.25) is 0 Å². The number of benzene rings is 2. The molecule has 1 aromatic heterocycles. The number of aryl methyl sites for hydroxylation is 2. The van der Waals surface area contributed by atoms with Gasteiger partial charge in [-0.2, -0.15) is 10.1 Å². The van der Waals surface area contributed by atoms with E-state index in [0.717, 1.165) is 22.4 Å². The van der Waals surface area contributed by atoms with E-state index >= 15 is 0 Å². The highest BCUT2D eigenvalue weighted by molar-refractivity contribution is 5.64. The second kappa shape index (κ2) is 7.04. The maximum atomic E-state index is 12.9. The Balaban J connectivity index is 1.71. The predicted octanol–water partition coefficient (Wildman–Crippen LogP) is 3.98. The largest absolute Gasteiger partial charge is 0.349 e. The second-order valence-corrected chi connectivity index (χ2v) is 5.54. The first-order chi connectivity index (χ1) is 11.6. The van der Waals surface area contributed by atoms with E-state index in [9.17, 15) is 4.39 Å². The van der Waals surface area contributed by atoms with Gasteiger partial charge in [-0.3, -0.25) is 0 Å². The molecule has 0 spiro atoms. The van der Waals surface area contributed by atoms with Gasteiger partial charge in [-0.15, -0.1) is 5.10 Å². The average Bonchev–Trinajstić information content (AvgIpc) is 2.58. The molecule has 24 heavy (non-hydrogen) atoms. The third-order valence-electron chi connectivity index (χ3n) is 3.66. The molecule has 122 valence electrons. The normalized spacial score (nSPS) is 10.5. The monoisotopic (exact) mass is 323 g/mol. The summed E-state index contributed by atoms with van der Waals surface area (Å²) in [5.74, 6) is 0.774. The van der Waals surface area contributed by atoms with Crippen molar-refractivity contribution in [2.45, 2.75) is 20.4 Å². The number of para-hydroxylation sites is 1. The number of rotatable bonds is 5. The summed E-state index contributed by atoms with van der Waals surface area (Å²) >= 11 is 0. The smallest absolute Gasteiger partial charge is 0.244 e. The molecule has 2 aromatic carbocycles. The Morgan fingerprint density at radius 3 is 2.42 bits per heavy atom. The van der Waals surface area contributed by atoms with Crippen LogP contribution in [0.3, 0.4) is 0 Å². The van der Waals surface area contributed by atoms with E-state index in [1.165, 1.54) is 12.1 Å². The number of hydrogen-bond acceptors (Lipinski definition) is 5. The number of nitrogens with one attached hydrogen (secondary N) is 2. The third-order valence-corrected chi connectivity index (χ3v) is 3.66. The number of anilines is 3. The topological polar surface area (TPSA) is 62.7 Å². The molecule has 0 fully saturated rings. The Bertz CT molecular complexity index is 813. The van der Waals surface area contributed by atoms with Crippen molar-refractivity contribution in [3.63, 3.8) is 0 Å². The van der Waals surface area contributed by atoms with Crippen LogP contribution in [0.5, 0.6) is 0 Å². The highest BCUT2D eigenvalue weighted by Crippen LogP contribution is 2.23. The summed E-state index contributed by atoms with van der Waals surface area (Å²) in [4.78, 5) is 4.41. The van der Waals surface area contributed by atoms with Crippen LogP contribution in [0.4, 0.5) is 21.8 Å². The molecule has 2 N–H and O–H groups in total. The summed E-state index contributed by atoms with van der Waals surface area (Å²) < 4.78 is 12.9. The van der Waals surface area contributed by atoms with Crippen molar-refractivity contribution in [2.75, 3.05) is 10.6 Å². The fourth-order valence-corrected chi connectivity index (χ4v) is 2.36. The lowest BCUT2D eigenvalue weighted by Crippen LogP contribution is -2.07. The van der Waals surface area contributed by atoms with E-state index in [-0.39, 0.29) is 5.82 Å². The second-order valence-electron chi connectivity index (χ2n) is 5.54. The minimum absolute atomic E-state index is 0.253. The first-order valence-corrected chi connectivity index (χ1v) is 7.63. The molecule has 0 radical (unpaired) electrons. The molecule has 6 heteroatoms. The summed E-state index contributed by atoms with van der Waals surface area (Å²) in [5.41, 5.74) is 4.22. The first-order valence-electron chi connectivity index (χ1n) is 7.63. The number of nitrogens with zero attached hydrogens (tertiary/aromatic N) is 3. The molecule has 0 unspecified atom stereocenters. The molecule has 3 rings (SSSR count). The van der Waals surface area contributed by atoms with Crippen LogP contribution in [-0.2, 0) is 6.54 Å². The standard InChI is InChI=1S/C18H18FN5/c1-12-4-3-5-13(2)17(12)22-16-11-21-24-18(23-16)20-10-14-6-8-15(19)9-7-14/h3-9,11H,10H2,1-2H3,(H2,20,22,23,24). The fraction of sp³-hybridized carbons (Fsp3) is 0.167. The maximum Gasteiger partial charge on any atom is 0.244 e. The minimum atomic E-state index is -0.253. The van der Waals surface area contributed by atoms with Gasteiger partial charge in [0.05, 0.1) is 6.20 Å². The summed E-state index contributed by atoms with van der Waals surface area (Å²) in [6, 6.07) is 12.4. The van der Waals surface area contributed by atoms with Crippen LogP contribution >= 0.6 is 0 Å². The molecule has 3 aromatic rings. The molecule has 0 aliphatic carbocycles. The number of aromatic nitrogens is 3. The van der Waals surface area contributed by atoms with Gasteiger partial charge >= 0.3 is 0 Å². The van der Waals surface area contributed by atoms with Crippen molar-refractivity contribution in [2.24, 2.45) is 0 Å². The molecule has 0 aliphatic heterocycles. The Labute approximate surface area is 140 Å². The minimum Gasteiger partial charge on any atom is -0.349 e. The lowest BCUT2D eigenvalue weighted by atomic mass is 10.1. The van der Waals surface area contributed by atoms with E-state index < -0.39 is 0 Å². The summed E-state index contributed by atoms with van der Waals surface area (Å²) in [5, 5.41) is 14.3. The van der Waals surface area contributed by atoms with Crippen LogP contribution in [-0.4, -0.2) is 15.2 Å². The zero-order valence-corrected chi connectivity index (χ0v) is 13.5. The zero-order chi connectivity index (χ0) is 16.9. The zero-order valence-electron chi connectivity index (χ0n) is 13.5. The van der Waals surface area contributed by atoms with E-state index in [4.69, 9.17) is 0 Å². The van der Waals surface area contributed by atoms with Gasteiger partial charge in [0.1, 0.15) is 5.82 Å². The predicted molar refractivity (Wildman–Crippen MR) is 92.8 cm³/mol. The summed E-state index contributed by atoms with van der Waals surface area (Å²) in [6.45, 7) is 4.57. The Morgan fingerprint density at radius 1 is 1.00 bits per heavy atom. The van der Waals surface area contributed by atoms with Crippen molar-refractivity contribution in [1.29, 1.82) is 0 Å². The van der Waals surface area contributed by atoms with Crippen LogP contribution in [0, 0.1) is 19.7 Å². The van der Waals surface area contributed by atoms with E-state index in [1.54, 1.807) is 18.3 Å². The molecule has 0 saturated heterocycles. The van der Waals surface area contributed by atoms with Gasteiger partial charge < -0.3 is 10.6 Å². The summed E-state index contributed by atoms with van der Waals surface area (Å²) in [7, 11) is 0. The maximum absolute atomic E-state index is 12.9. The van der Waals surface area contributed by atoms with Crippen LogP contribution < -0.4 is 10.6 Å². The van der Waals surface area contributed by atoms with Gasteiger partial charge in [0.2, 0.25) is 5.95 Å². The molecular weight excluding hydrogens is 305 g/mol. The summed E-state index contributed by atoms with van der Waals surface area (Å²) in [6.07, 6.45) is 1.58. The van der Waals surface area contributed by atoms with Gasteiger partial charge in [-0.25, -0.2) is 4.39 Å². The molecule has 0 amide bonds. The average molecular weight is 323 g/mol. The van der Waals surface area contributed by atoms with Crippen LogP contribution in [0.25, 0.3) is 0 Å². The number of halogens is 1. The molecular formula is C18H18FN5. The molecule has 0 bridgehead atoms. The third kappa shape index (κ3) is 3.84. The van der Waals surface area contributed by atoms with E-state index in [0.29, 0.717) is 18.3 Å². The van der Waals surface area contributed by atoms with E-state index in [2.05, 4.69) is 25.8 Å². The van der Waals surface area contributed by atoms with Gasteiger partial charge in [-0.05, 0) is 42.7 Å². The number of hydrogen-bond donors (Lipinski definition) is 2. The molecule has 5 nitrogen and oxygen atoms in total. The highest BCUT2D eigenvalue weighted by atomic mass is 19.1. The van der Waals surface area contributed by atoms with E-state index in [1.807, 2.05) is 32.0 Å². The van der Waals surface area contributed by atoms with Crippen molar-refractivity contribution in [3.05, 3.63) is 71.2 Å². The Kier molecular flexibility index (Phi) is 4.65. The fourth-order valence-electron chi connectivity index (χ4n) is 2.36. The lowest BCUT2D eigenvalue weighted by molar-refractivity contribution is 0.627. The molecule has 1 heterocycles. The van der Waals surface area contributed by atoms with Crippen molar-refractivity contribution in [3.8, 4) is 0 Å². The van der Waals surface area contributed by atoms with Gasteiger partial charge in [0, 0.05) is 12.2 Å². The molecule has 0 aliphatic rings. The van der Waals surface area contributed by atoms with Crippen molar-refractivity contribution >= 4 is 17.5 Å². The first kappa shape index (κ1) is 15.9. The van der Waals surface area contributed by atoms with Gasteiger partial charge in [-0.1, -0.05) is 30.3 Å². The lowest BCUT2D eigenvalue weighted by Gasteiger charge is -2.12. The van der Waals surface area contributed by atoms with Crippen LogP contribution in [0.15, 0.2) is 48.7 Å². The SMILES string of the molecule is Cc1cccc(C)c1Nc1cnnc(NCc2ccc(F)cc2)n1. The van der Waals surface area contributed by atoms with Crippen LogP contribution in [0.1, 0.15) is 16.7 Å². The highest BCUT2D eigenvalue weighted by Gasteiger charge is 2.05. The molecule has 0 saturated carbocycles. The Hall–Kier alpha value is -3.02. The molecule has 0 atom stereocenters. The van der Waals surface area contributed by atoms with Gasteiger partial charge in [0.25, 0.3) is 0 Å². The van der Waals surface area contributed by atoms with Crippen molar-refractivity contribution in [1.82, 2.24) is 15.2 Å². The Morgan fingerprint density at radius 2 is 1.71 bits per heavy atom.